The molecule has 3 aromatic rings. The number of rotatable bonds is 9. The van der Waals surface area contributed by atoms with Crippen LogP contribution in [0.25, 0.3) is 5.69 Å². The van der Waals surface area contributed by atoms with Gasteiger partial charge >= 0.3 is 12.6 Å². The Kier molecular flexibility index (Phi) is 10.3. The van der Waals surface area contributed by atoms with Crippen LogP contribution in [0.5, 0.6) is 11.5 Å². The Bertz CT molecular complexity index is 1160. The van der Waals surface area contributed by atoms with E-state index in [0.717, 1.165) is 28.8 Å². The molecular formula is C24H25F4N3O5. The summed E-state index contributed by atoms with van der Waals surface area (Å²) >= 11 is 0. The summed E-state index contributed by atoms with van der Waals surface area (Å²) in [5, 5.41) is 2.40. The highest BCUT2D eigenvalue weighted by Gasteiger charge is 2.21. The molecule has 1 amide bonds. The number of anilines is 1. The van der Waals surface area contributed by atoms with E-state index in [1.165, 1.54) is 25.4 Å². The number of carbonyl (C=O) groups excluding carboxylic acids is 2. The fourth-order valence-corrected chi connectivity index (χ4v) is 2.98. The highest BCUT2D eigenvalue weighted by atomic mass is 19.3. The lowest BCUT2D eigenvalue weighted by molar-refractivity contribution is -0.142. The van der Waals surface area contributed by atoms with Gasteiger partial charge < -0.3 is 14.2 Å². The largest absolute Gasteiger partial charge is 0.497 e. The molecule has 0 aliphatic rings. The van der Waals surface area contributed by atoms with Crippen molar-refractivity contribution in [2.24, 2.45) is 0 Å². The van der Waals surface area contributed by atoms with E-state index in [0.29, 0.717) is 0 Å². The van der Waals surface area contributed by atoms with Crippen molar-refractivity contribution < 1.29 is 41.4 Å². The Morgan fingerprint density at radius 2 is 1.67 bits per heavy atom. The molecule has 1 aromatic heterocycles. The minimum Gasteiger partial charge on any atom is -0.497 e. The molecule has 194 valence electrons. The number of halogens is 4. The van der Waals surface area contributed by atoms with Gasteiger partial charge in [0.15, 0.2) is 11.6 Å². The molecular weight excluding hydrogens is 486 g/mol. The average Bonchev–Trinajstić information content (AvgIpc) is 3.21. The predicted molar refractivity (Wildman–Crippen MR) is 123 cm³/mol. The van der Waals surface area contributed by atoms with Crippen molar-refractivity contribution in [1.29, 1.82) is 0 Å². The van der Waals surface area contributed by atoms with Crippen LogP contribution in [0.3, 0.4) is 0 Å². The molecule has 1 heterocycles. The summed E-state index contributed by atoms with van der Waals surface area (Å²) in [5.74, 6) is -3.93. The quantitative estimate of drug-likeness (QED) is 0.316. The molecule has 0 radical (unpaired) electrons. The van der Waals surface area contributed by atoms with Crippen molar-refractivity contribution in [2.45, 2.75) is 33.8 Å². The number of amides is 1. The van der Waals surface area contributed by atoms with Gasteiger partial charge in [0.05, 0.1) is 25.8 Å². The molecule has 0 aliphatic carbocycles. The third-order valence-electron chi connectivity index (χ3n) is 4.42. The van der Waals surface area contributed by atoms with Crippen molar-refractivity contribution >= 4 is 17.8 Å². The Morgan fingerprint density at radius 1 is 1.06 bits per heavy atom. The summed E-state index contributed by atoms with van der Waals surface area (Å²) in [5.41, 5.74) is -0.470. The Labute approximate surface area is 204 Å². The van der Waals surface area contributed by atoms with Gasteiger partial charge in [0.2, 0.25) is 5.95 Å². The van der Waals surface area contributed by atoms with Crippen LogP contribution < -0.4 is 14.8 Å². The summed E-state index contributed by atoms with van der Waals surface area (Å²) in [6.45, 7) is 2.71. The molecule has 12 heteroatoms. The molecule has 0 saturated heterocycles. The molecule has 1 N–H and O–H groups in total. The van der Waals surface area contributed by atoms with Crippen molar-refractivity contribution in [3.8, 4) is 17.2 Å². The lowest BCUT2D eigenvalue weighted by atomic mass is 10.2. The van der Waals surface area contributed by atoms with E-state index in [1.54, 1.807) is 6.92 Å². The second kappa shape index (κ2) is 13.1. The first-order chi connectivity index (χ1) is 17.2. The van der Waals surface area contributed by atoms with Crippen molar-refractivity contribution in [2.75, 3.05) is 19.0 Å². The van der Waals surface area contributed by atoms with E-state index in [-0.39, 0.29) is 41.7 Å². The number of methoxy groups -OCH3 is 1. The zero-order valence-electron chi connectivity index (χ0n) is 20.0. The zero-order chi connectivity index (χ0) is 26.8. The molecule has 0 bridgehead atoms. The van der Waals surface area contributed by atoms with Crippen molar-refractivity contribution in [1.82, 2.24) is 9.55 Å². The number of benzene rings is 2. The lowest BCUT2D eigenvalue weighted by Crippen LogP contribution is -2.16. The number of hydrogen-bond donors (Lipinski definition) is 1. The second-order valence-corrected chi connectivity index (χ2v) is 6.70. The fourth-order valence-electron chi connectivity index (χ4n) is 2.98. The predicted octanol–water partition coefficient (Wildman–Crippen LogP) is 5.14. The maximum atomic E-state index is 14.7. The van der Waals surface area contributed by atoms with Crippen LogP contribution >= 0.6 is 0 Å². The van der Waals surface area contributed by atoms with Gasteiger partial charge in [0.1, 0.15) is 17.2 Å². The van der Waals surface area contributed by atoms with E-state index >= 15 is 0 Å². The van der Waals surface area contributed by atoms with Crippen molar-refractivity contribution in [3.05, 3.63) is 65.5 Å². The van der Waals surface area contributed by atoms with Gasteiger partial charge in [-0.3, -0.25) is 19.5 Å². The van der Waals surface area contributed by atoms with Crippen LogP contribution in [0.4, 0.5) is 23.5 Å². The minimum atomic E-state index is -3.03. The van der Waals surface area contributed by atoms with Crippen molar-refractivity contribution in [3.63, 3.8) is 0 Å². The van der Waals surface area contributed by atoms with Gasteiger partial charge in [0, 0.05) is 23.9 Å². The number of esters is 1. The number of hydrogen-bond acceptors (Lipinski definition) is 6. The summed E-state index contributed by atoms with van der Waals surface area (Å²) in [4.78, 5) is 28.6. The first kappa shape index (κ1) is 28.1. The molecule has 0 spiro atoms. The SMILES string of the molecule is CC.CCOC(=O)Cc1cn(-c2c(F)cc(OC)cc2F)c(NC(=O)c2ccc(OC(F)F)cc2)n1. The van der Waals surface area contributed by atoms with Gasteiger partial charge in [0.25, 0.3) is 5.91 Å². The van der Waals surface area contributed by atoms with Gasteiger partial charge in [-0.2, -0.15) is 8.78 Å². The van der Waals surface area contributed by atoms with E-state index in [2.05, 4.69) is 15.0 Å². The third kappa shape index (κ3) is 7.20. The van der Waals surface area contributed by atoms with Crippen LogP contribution in [0, 0.1) is 11.6 Å². The highest BCUT2D eigenvalue weighted by Crippen LogP contribution is 2.27. The number of aromatic nitrogens is 2. The Morgan fingerprint density at radius 3 is 2.19 bits per heavy atom. The summed E-state index contributed by atoms with van der Waals surface area (Å²) in [6.07, 6.45) is 0.864. The van der Waals surface area contributed by atoms with Gasteiger partial charge in [-0.1, -0.05) is 13.8 Å². The van der Waals surface area contributed by atoms with Gasteiger partial charge in [-0.05, 0) is 31.2 Å². The Balaban J connectivity index is 0.00000222. The fraction of sp³-hybridized carbons (Fsp3) is 0.292. The highest BCUT2D eigenvalue weighted by molar-refractivity contribution is 6.03. The number of carbonyl (C=O) groups is 2. The molecule has 0 saturated carbocycles. The molecule has 0 aliphatic heterocycles. The maximum Gasteiger partial charge on any atom is 0.387 e. The van der Waals surface area contributed by atoms with Crippen LogP contribution in [0.15, 0.2) is 42.6 Å². The van der Waals surface area contributed by atoms with Crippen LogP contribution in [-0.4, -0.2) is 41.8 Å². The summed E-state index contributed by atoms with van der Waals surface area (Å²) in [6, 6.07) is 6.63. The zero-order valence-corrected chi connectivity index (χ0v) is 20.0. The second-order valence-electron chi connectivity index (χ2n) is 6.70. The molecule has 3 rings (SSSR count). The number of imidazole rings is 1. The standard InChI is InChI=1S/C22H19F4N3O5.C2H6/c1-3-33-18(30)8-13-11-29(19-16(23)9-15(32-2)10-17(19)24)22(27-13)28-20(31)12-4-6-14(7-5-12)34-21(25)26;1-2/h4-7,9-11,21H,3,8H2,1-2H3,(H,27,28,31);1-2H3. The summed E-state index contributed by atoms with van der Waals surface area (Å²) in [7, 11) is 1.24. The maximum absolute atomic E-state index is 14.7. The van der Waals surface area contributed by atoms with E-state index in [1.807, 2.05) is 13.8 Å². The van der Waals surface area contributed by atoms with E-state index in [9.17, 15) is 27.2 Å². The number of nitrogens with one attached hydrogen (secondary N) is 1. The molecule has 36 heavy (non-hydrogen) atoms. The van der Waals surface area contributed by atoms with Gasteiger partial charge in [-0.15, -0.1) is 0 Å². The smallest absolute Gasteiger partial charge is 0.387 e. The van der Waals surface area contributed by atoms with Gasteiger partial charge in [-0.25, -0.2) is 13.8 Å². The Hall–Kier alpha value is -4.09. The van der Waals surface area contributed by atoms with E-state index in [4.69, 9.17) is 9.47 Å². The molecule has 0 unspecified atom stereocenters. The van der Waals surface area contributed by atoms with Crippen LogP contribution in [0.1, 0.15) is 36.8 Å². The minimum absolute atomic E-state index is 0.0267. The number of nitrogens with zero attached hydrogens (tertiary/aromatic N) is 2. The molecule has 2 aromatic carbocycles. The summed E-state index contributed by atoms with van der Waals surface area (Å²) < 4.78 is 68.9. The first-order valence-corrected chi connectivity index (χ1v) is 10.8. The molecule has 0 fully saturated rings. The third-order valence-corrected chi connectivity index (χ3v) is 4.42. The topological polar surface area (TPSA) is 91.7 Å². The first-order valence-electron chi connectivity index (χ1n) is 10.8. The number of ether oxygens (including phenoxy) is 3. The molecule has 0 atom stereocenters. The van der Waals surface area contributed by atoms with Crippen LogP contribution in [0.2, 0.25) is 0 Å². The van der Waals surface area contributed by atoms with E-state index < -0.39 is 35.8 Å². The average molecular weight is 511 g/mol. The number of alkyl halides is 2. The normalized spacial score (nSPS) is 10.4. The van der Waals surface area contributed by atoms with Crippen LogP contribution in [-0.2, 0) is 16.0 Å². The monoisotopic (exact) mass is 511 g/mol. The lowest BCUT2D eigenvalue weighted by Gasteiger charge is -2.12. The molecule has 8 nitrogen and oxygen atoms in total.